The zero-order chi connectivity index (χ0) is 14.8. The van der Waals surface area contributed by atoms with Gasteiger partial charge < -0.3 is 10.7 Å². The van der Waals surface area contributed by atoms with Crippen LogP contribution in [0.25, 0.3) is 22.3 Å². The molecule has 0 aliphatic carbocycles. The maximum absolute atomic E-state index is 12.2. The van der Waals surface area contributed by atoms with Crippen LogP contribution >= 0.6 is 0 Å². The number of anilines is 1. The quantitative estimate of drug-likeness (QED) is 0.772. The number of aromatic nitrogens is 3. The third-order valence-corrected chi connectivity index (χ3v) is 3.45. The molecule has 5 heteroatoms. The molecule has 0 saturated carbocycles. The fraction of sp³-hybridized carbons (Fsp3) is 0.188. The van der Waals surface area contributed by atoms with Crippen LogP contribution in [0.3, 0.4) is 0 Å². The third-order valence-electron chi connectivity index (χ3n) is 3.45. The van der Waals surface area contributed by atoms with Crippen LogP contribution in [0.5, 0.6) is 0 Å². The molecular weight excluding hydrogens is 264 g/mol. The Labute approximate surface area is 121 Å². The van der Waals surface area contributed by atoms with Crippen molar-refractivity contribution in [3.05, 3.63) is 52.4 Å². The number of rotatable bonds is 3. The molecule has 0 bridgehead atoms. The molecule has 0 aliphatic heterocycles. The van der Waals surface area contributed by atoms with E-state index in [2.05, 4.69) is 15.0 Å². The summed E-state index contributed by atoms with van der Waals surface area (Å²) in [4.78, 5) is 23.6. The van der Waals surface area contributed by atoms with Crippen LogP contribution in [0.4, 0.5) is 5.82 Å². The minimum atomic E-state index is -0.186. The van der Waals surface area contributed by atoms with Crippen molar-refractivity contribution in [2.75, 3.05) is 5.73 Å². The minimum absolute atomic E-state index is 0.186. The van der Waals surface area contributed by atoms with Crippen molar-refractivity contribution in [3.63, 3.8) is 0 Å². The summed E-state index contributed by atoms with van der Waals surface area (Å²) in [7, 11) is 0. The van der Waals surface area contributed by atoms with Crippen LogP contribution in [-0.4, -0.2) is 15.0 Å². The van der Waals surface area contributed by atoms with Crippen LogP contribution in [0.2, 0.25) is 0 Å². The van der Waals surface area contributed by atoms with Crippen LogP contribution < -0.4 is 11.3 Å². The Kier molecular flexibility index (Phi) is 3.39. The van der Waals surface area contributed by atoms with Crippen LogP contribution in [0, 0.1) is 0 Å². The number of nitrogens with one attached hydrogen (secondary N) is 1. The highest BCUT2D eigenvalue weighted by Gasteiger charge is 2.12. The predicted octanol–water partition coefficient (Wildman–Crippen LogP) is 2.52. The maximum Gasteiger partial charge on any atom is 0.256 e. The van der Waals surface area contributed by atoms with Gasteiger partial charge in [0.05, 0.1) is 5.56 Å². The Bertz CT molecular complexity index is 849. The molecule has 0 amide bonds. The molecule has 5 nitrogen and oxygen atoms in total. The normalized spacial score (nSPS) is 10.9. The van der Waals surface area contributed by atoms with E-state index in [4.69, 9.17) is 5.73 Å². The van der Waals surface area contributed by atoms with E-state index in [0.717, 1.165) is 17.2 Å². The first-order chi connectivity index (χ1) is 10.2. The SMILES string of the molecule is CCCc1c(N)nc(-c2nccc3ccccc23)[nH]c1=O. The van der Waals surface area contributed by atoms with Crippen molar-refractivity contribution in [2.24, 2.45) is 0 Å². The van der Waals surface area contributed by atoms with Gasteiger partial charge in [-0.15, -0.1) is 0 Å². The fourth-order valence-corrected chi connectivity index (χ4v) is 2.43. The second-order valence-corrected chi connectivity index (χ2v) is 4.91. The third kappa shape index (κ3) is 2.38. The van der Waals surface area contributed by atoms with Crippen molar-refractivity contribution < 1.29 is 0 Å². The topological polar surface area (TPSA) is 84.7 Å². The average molecular weight is 280 g/mol. The van der Waals surface area contributed by atoms with Gasteiger partial charge in [-0.1, -0.05) is 37.6 Å². The first kappa shape index (κ1) is 13.3. The number of H-pyrrole nitrogens is 1. The van der Waals surface area contributed by atoms with Crippen LogP contribution in [0.1, 0.15) is 18.9 Å². The number of nitrogens with two attached hydrogens (primary N) is 1. The number of nitrogens with zero attached hydrogens (tertiary/aromatic N) is 2. The summed E-state index contributed by atoms with van der Waals surface area (Å²) in [5.74, 6) is 0.694. The zero-order valence-electron chi connectivity index (χ0n) is 11.8. The van der Waals surface area contributed by atoms with Crippen molar-refractivity contribution in [2.45, 2.75) is 19.8 Å². The van der Waals surface area contributed by atoms with Gasteiger partial charge in [0.1, 0.15) is 11.5 Å². The molecule has 1 aromatic carbocycles. The Morgan fingerprint density at radius 2 is 2.05 bits per heavy atom. The van der Waals surface area contributed by atoms with E-state index in [1.165, 1.54) is 0 Å². The van der Waals surface area contributed by atoms with E-state index in [0.29, 0.717) is 23.5 Å². The number of aromatic amines is 1. The van der Waals surface area contributed by atoms with E-state index in [9.17, 15) is 4.79 Å². The number of fused-ring (bicyclic) bond motifs is 1. The lowest BCUT2D eigenvalue weighted by Crippen LogP contribution is -2.18. The number of benzene rings is 1. The molecule has 0 unspecified atom stereocenters. The summed E-state index contributed by atoms with van der Waals surface area (Å²) in [5, 5.41) is 1.98. The highest BCUT2D eigenvalue weighted by molar-refractivity contribution is 5.92. The molecular formula is C16H16N4O. The number of hydrogen-bond donors (Lipinski definition) is 2. The van der Waals surface area contributed by atoms with Crippen molar-refractivity contribution >= 4 is 16.6 Å². The Hall–Kier alpha value is -2.69. The lowest BCUT2D eigenvalue weighted by molar-refractivity contribution is 0.891. The molecule has 3 rings (SSSR count). The van der Waals surface area contributed by atoms with Gasteiger partial charge >= 0.3 is 0 Å². The molecule has 2 heterocycles. The molecule has 2 aromatic heterocycles. The molecule has 3 N–H and O–H groups in total. The highest BCUT2D eigenvalue weighted by Crippen LogP contribution is 2.23. The smallest absolute Gasteiger partial charge is 0.256 e. The molecule has 3 aromatic rings. The number of pyridine rings is 1. The largest absolute Gasteiger partial charge is 0.383 e. The molecule has 0 atom stereocenters. The van der Waals surface area contributed by atoms with E-state index in [1.54, 1.807) is 6.20 Å². The van der Waals surface area contributed by atoms with E-state index in [-0.39, 0.29) is 11.4 Å². The molecule has 106 valence electrons. The van der Waals surface area contributed by atoms with Crippen LogP contribution in [-0.2, 0) is 6.42 Å². The van der Waals surface area contributed by atoms with Gasteiger partial charge in [0, 0.05) is 11.6 Å². The van der Waals surface area contributed by atoms with Gasteiger partial charge in [-0.2, -0.15) is 0 Å². The summed E-state index contributed by atoms with van der Waals surface area (Å²) in [6.45, 7) is 2.00. The summed E-state index contributed by atoms with van der Waals surface area (Å²) in [6, 6.07) is 9.76. The first-order valence-electron chi connectivity index (χ1n) is 6.93. The van der Waals surface area contributed by atoms with Crippen molar-refractivity contribution in [1.29, 1.82) is 0 Å². The van der Waals surface area contributed by atoms with Gasteiger partial charge in [-0.25, -0.2) is 4.98 Å². The predicted molar refractivity (Wildman–Crippen MR) is 84.0 cm³/mol. The van der Waals surface area contributed by atoms with Gasteiger partial charge in [0.25, 0.3) is 5.56 Å². The second kappa shape index (κ2) is 5.36. The Balaban J connectivity index is 2.22. The fourth-order valence-electron chi connectivity index (χ4n) is 2.43. The monoisotopic (exact) mass is 280 g/mol. The Morgan fingerprint density at radius 3 is 2.81 bits per heavy atom. The lowest BCUT2D eigenvalue weighted by atomic mass is 10.1. The first-order valence-corrected chi connectivity index (χ1v) is 6.93. The molecule has 0 spiro atoms. The molecule has 0 fully saturated rings. The summed E-state index contributed by atoms with van der Waals surface area (Å²) in [6.07, 6.45) is 3.17. The molecule has 0 radical (unpaired) electrons. The average Bonchev–Trinajstić information content (AvgIpc) is 2.50. The van der Waals surface area contributed by atoms with E-state index >= 15 is 0 Å². The van der Waals surface area contributed by atoms with Crippen molar-refractivity contribution in [3.8, 4) is 11.5 Å². The minimum Gasteiger partial charge on any atom is -0.383 e. The molecule has 21 heavy (non-hydrogen) atoms. The lowest BCUT2D eigenvalue weighted by Gasteiger charge is -2.08. The second-order valence-electron chi connectivity index (χ2n) is 4.91. The molecule has 0 aliphatic rings. The highest BCUT2D eigenvalue weighted by atomic mass is 16.1. The van der Waals surface area contributed by atoms with Gasteiger partial charge in [0.15, 0.2) is 5.82 Å². The van der Waals surface area contributed by atoms with Gasteiger partial charge in [-0.05, 0) is 17.9 Å². The number of nitrogen functional groups attached to an aromatic ring is 1. The summed E-state index contributed by atoms with van der Waals surface area (Å²) >= 11 is 0. The number of hydrogen-bond acceptors (Lipinski definition) is 4. The molecule has 0 saturated heterocycles. The standard InChI is InChI=1S/C16H16N4O/c1-2-5-12-14(17)19-15(20-16(12)21)13-11-7-4-3-6-10(11)8-9-18-13/h3-4,6-9H,2,5H2,1H3,(H3,17,19,20,21). The van der Waals surface area contributed by atoms with E-state index < -0.39 is 0 Å². The van der Waals surface area contributed by atoms with Crippen LogP contribution in [0.15, 0.2) is 41.3 Å². The van der Waals surface area contributed by atoms with Crippen molar-refractivity contribution in [1.82, 2.24) is 15.0 Å². The maximum atomic E-state index is 12.2. The van der Waals surface area contributed by atoms with Gasteiger partial charge in [0.2, 0.25) is 0 Å². The van der Waals surface area contributed by atoms with Gasteiger partial charge in [-0.3, -0.25) is 9.78 Å². The Morgan fingerprint density at radius 1 is 1.24 bits per heavy atom. The summed E-state index contributed by atoms with van der Waals surface area (Å²) < 4.78 is 0. The van der Waals surface area contributed by atoms with E-state index in [1.807, 2.05) is 37.3 Å². The summed E-state index contributed by atoms with van der Waals surface area (Å²) in [5.41, 5.74) is 6.93. The zero-order valence-corrected chi connectivity index (χ0v) is 11.8.